The molecule has 0 spiro atoms. The van der Waals surface area contributed by atoms with Crippen molar-refractivity contribution < 1.29 is 9.26 Å². The lowest BCUT2D eigenvalue weighted by Gasteiger charge is -2.33. The fourth-order valence-electron chi connectivity index (χ4n) is 4.74. The number of piperazine rings is 1. The van der Waals surface area contributed by atoms with Crippen molar-refractivity contribution in [2.45, 2.75) is 38.5 Å². The van der Waals surface area contributed by atoms with Gasteiger partial charge in [0.1, 0.15) is 17.4 Å². The van der Waals surface area contributed by atoms with Crippen LogP contribution in [0.3, 0.4) is 0 Å². The molecule has 3 heterocycles. The number of allylic oxidation sites excluding steroid dienone is 1. The Morgan fingerprint density at radius 3 is 2.71 bits per heavy atom. The number of nitrogens with zero attached hydrogens (tertiary/aromatic N) is 5. The third-order valence-electron chi connectivity index (χ3n) is 7.02. The van der Waals surface area contributed by atoms with Gasteiger partial charge in [-0.25, -0.2) is 0 Å². The number of benzene rings is 1. The van der Waals surface area contributed by atoms with Gasteiger partial charge >= 0.3 is 6.01 Å². The molecule has 1 N–H and O–H groups in total. The molecule has 1 saturated carbocycles. The first kappa shape index (κ1) is 21.2. The van der Waals surface area contributed by atoms with Crippen molar-refractivity contribution in [3.05, 3.63) is 52.7 Å². The summed E-state index contributed by atoms with van der Waals surface area (Å²) in [6.07, 6.45) is 6.83. The zero-order valence-electron chi connectivity index (χ0n) is 19.8. The van der Waals surface area contributed by atoms with Crippen LogP contribution in [-0.4, -0.2) is 53.3 Å². The van der Waals surface area contributed by atoms with E-state index in [-0.39, 0.29) is 0 Å². The van der Waals surface area contributed by atoms with Gasteiger partial charge in [0.25, 0.3) is 0 Å². The molecule has 1 saturated heterocycles. The minimum absolute atomic E-state index is 0.316. The van der Waals surface area contributed by atoms with Gasteiger partial charge in [-0.3, -0.25) is 0 Å². The Labute approximate surface area is 199 Å². The van der Waals surface area contributed by atoms with Crippen LogP contribution in [0.15, 0.2) is 40.4 Å². The smallest absolute Gasteiger partial charge is 0.325 e. The largest absolute Gasteiger partial charge is 0.424 e. The van der Waals surface area contributed by atoms with E-state index in [4.69, 9.17) is 14.2 Å². The minimum Gasteiger partial charge on any atom is -0.424 e. The Kier molecular flexibility index (Phi) is 5.45. The highest BCUT2D eigenvalue weighted by atomic mass is 16.5. The first-order valence-corrected chi connectivity index (χ1v) is 12.1. The van der Waals surface area contributed by atoms with Crippen LogP contribution in [0.25, 0.3) is 6.08 Å². The van der Waals surface area contributed by atoms with E-state index in [2.05, 4.69) is 57.4 Å². The summed E-state index contributed by atoms with van der Waals surface area (Å²) >= 11 is 0. The van der Waals surface area contributed by atoms with E-state index in [0.29, 0.717) is 23.6 Å². The lowest BCUT2D eigenvalue weighted by atomic mass is 9.83. The van der Waals surface area contributed by atoms with Crippen LogP contribution in [0.4, 0.5) is 17.5 Å². The van der Waals surface area contributed by atoms with Gasteiger partial charge in [-0.1, -0.05) is 29.3 Å². The van der Waals surface area contributed by atoms with Crippen LogP contribution in [0, 0.1) is 0 Å². The number of hydrogen-bond donors (Lipinski definition) is 1. The number of hydrogen-bond acceptors (Lipinski definition) is 8. The average molecular weight is 459 g/mol. The fraction of sp³-hybridized carbons (Fsp3) is 0.423. The Morgan fingerprint density at radius 2 is 1.91 bits per heavy atom. The van der Waals surface area contributed by atoms with Gasteiger partial charge in [0.2, 0.25) is 5.88 Å². The molecule has 2 fully saturated rings. The topological polar surface area (TPSA) is 79.5 Å². The van der Waals surface area contributed by atoms with Crippen LogP contribution < -0.4 is 15.0 Å². The molecule has 0 bridgehead atoms. The van der Waals surface area contributed by atoms with Crippen molar-refractivity contribution in [3.8, 4) is 11.8 Å². The summed E-state index contributed by atoms with van der Waals surface area (Å²) in [6, 6.07) is 10.4. The first-order valence-electron chi connectivity index (χ1n) is 12.1. The number of fused-ring (bicyclic) bond motifs is 1. The molecule has 0 atom stereocenters. The van der Waals surface area contributed by atoms with E-state index in [0.717, 1.165) is 49.9 Å². The molecule has 1 aliphatic heterocycles. The van der Waals surface area contributed by atoms with Crippen LogP contribution in [-0.2, 0) is 6.42 Å². The van der Waals surface area contributed by atoms with Crippen molar-refractivity contribution >= 4 is 23.6 Å². The predicted octanol–water partition coefficient (Wildman–Crippen LogP) is 4.98. The number of rotatable bonds is 6. The zero-order chi connectivity index (χ0) is 23.1. The molecule has 8 heteroatoms. The van der Waals surface area contributed by atoms with Crippen LogP contribution in [0.1, 0.15) is 48.9 Å². The molecule has 0 amide bonds. The molecule has 3 aliphatic rings. The Bertz CT molecular complexity index is 1220. The highest BCUT2D eigenvalue weighted by Crippen LogP contribution is 2.37. The summed E-state index contributed by atoms with van der Waals surface area (Å²) in [4.78, 5) is 14.0. The molecule has 8 nitrogen and oxygen atoms in total. The fourth-order valence-corrected chi connectivity index (χ4v) is 4.74. The number of aromatic nitrogens is 3. The van der Waals surface area contributed by atoms with E-state index in [9.17, 15) is 0 Å². The number of likely N-dealkylation sites (N-methyl/N-ethyl adjacent to an activating group) is 1. The lowest BCUT2D eigenvalue weighted by Crippen LogP contribution is -2.44. The number of ether oxygens (including phenoxy) is 1. The molecule has 3 aromatic rings. The SMILES string of the molecule is CC1=Cc2cc(Oc3nc(Nc4cc(C5CCC5)no4)cc(N4CCN(C)CC4)n3)ccc2C1. The van der Waals surface area contributed by atoms with Crippen molar-refractivity contribution in [2.24, 2.45) is 0 Å². The summed E-state index contributed by atoms with van der Waals surface area (Å²) in [7, 11) is 2.15. The third kappa shape index (κ3) is 4.37. The van der Waals surface area contributed by atoms with Crippen molar-refractivity contribution in [1.29, 1.82) is 0 Å². The van der Waals surface area contributed by atoms with Crippen molar-refractivity contribution in [1.82, 2.24) is 20.0 Å². The Hall–Kier alpha value is -3.39. The van der Waals surface area contributed by atoms with Crippen LogP contribution in [0.2, 0.25) is 0 Å². The van der Waals surface area contributed by atoms with E-state index in [1.54, 1.807) is 0 Å². The zero-order valence-corrected chi connectivity index (χ0v) is 19.8. The standard InChI is InChI=1S/C26H30N6O2/c1-17-12-19-6-7-21(14-20(19)13-17)33-26-28-23(16-24(29-26)32-10-8-31(2)9-11-32)27-25-15-22(30-34-25)18-4-3-5-18/h6-7,13-16,18H,3-5,8-12H2,1-2H3,(H,27,28,29). The molecule has 176 valence electrons. The molecule has 0 radical (unpaired) electrons. The molecular formula is C26H30N6O2. The Morgan fingerprint density at radius 1 is 1.06 bits per heavy atom. The summed E-state index contributed by atoms with van der Waals surface area (Å²) in [5.41, 5.74) is 4.90. The highest BCUT2D eigenvalue weighted by Gasteiger charge is 2.24. The van der Waals surface area contributed by atoms with Crippen molar-refractivity contribution in [3.63, 3.8) is 0 Å². The van der Waals surface area contributed by atoms with Gasteiger partial charge < -0.3 is 24.4 Å². The van der Waals surface area contributed by atoms with Crippen LogP contribution >= 0.6 is 0 Å². The van der Waals surface area contributed by atoms with E-state index in [1.807, 2.05) is 18.2 Å². The minimum atomic E-state index is 0.316. The maximum absolute atomic E-state index is 6.17. The maximum atomic E-state index is 6.17. The van der Waals surface area contributed by atoms with Gasteiger partial charge in [-0.15, -0.1) is 0 Å². The normalized spacial score (nSPS) is 18.4. The summed E-state index contributed by atoms with van der Waals surface area (Å²) < 4.78 is 11.7. The van der Waals surface area contributed by atoms with Gasteiger partial charge in [-0.05, 0) is 56.5 Å². The molecule has 1 aromatic carbocycles. The monoisotopic (exact) mass is 458 g/mol. The Balaban J connectivity index is 1.28. The predicted molar refractivity (Wildman–Crippen MR) is 132 cm³/mol. The van der Waals surface area contributed by atoms with Crippen molar-refractivity contribution in [2.75, 3.05) is 43.4 Å². The average Bonchev–Trinajstić information content (AvgIpc) is 3.38. The molecule has 2 aliphatic carbocycles. The molecule has 34 heavy (non-hydrogen) atoms. The quantitative estimate of drug-likeness (QED) is 0.554. The van der Waals surface area contributed by atoms with Crippen LogP contribution in [0.5, 0.6) is 11.8 Å². The van der Waals surface area contributed by atoms with E-state index in [1.165, 1.54) is 36.0 Å². The summed E-state index contributed by atoms with van der Waals surface area (Å²) in [5.74, 6) is 3.32. The third-order valence-corrected chi connectivity index (χ3v) is 7.02. The van der Waals surface area contributed by atoms with Gasteiger partial charge in [-0.2, -0.15) is 9.97 Å². The van der Waals surface area contributed by atoms with E-state index >= 15 is 0 Å². The number of nitrogens with one attached hydrogen (secondary N) is 1. The van der Waals surface area contributed by atoms with Gasteiger partial charge in [0.05, 0.1) is 5.69 Å². The van der Waals surface area contributed by atoms with Gasteiger partial charge in [0, 0.05) is 44.2 Å². The first-order chi connectivity index (χ1) is 16.6. The highest BCUT2D eigenvalue weighted by molar-refractivity contribution is 5.65. The molecule has 0 unspecified atom stereocenters. The lowest BCUT2D eigenvalue weighted by molar-refractivity contribution is 0.311. The summed E-state index contributed by atoms with van der Waals surface area (Å²) in [6.45, 7) is 5.95. The number of anilines is 3. The molecular weight excluding hydrogens is 428 g/mol. The summed E-state index contributed by atoms with van der Waals surface area (Å²) in [5, 5.41) is 7.53. The van der Waals surface area contributed by atoms with Gasteiger partial charge in [0.15, 0.2) is 0 Å². The second kappa shape index (κ2) is 8.76. The molecule has 2 aromatic heterocycles. The second-order valence-corrected chi connectivity index (χ2v) is 9.68. The van der Waals surface area contributed by atoms with E-state index < -0.39 is 0 Å². The maximum Gasteiger partial charge on any atom is 0.325 e. The second-order valence-electron chi connectivity index (χ2n) is 9.68. The molecule has 6 rings (SSSR count).